The molecule has 0 amide bonds. The fraction of sp³-hybridized carbons (Fsp3) is 0.308. The summed E-state index contributed by atoms with van der Waals surface area (Å²) in [6.07, 6.45) is 0. The molecule has 0 aliphatic carbocycles. The summed E-state index contributed by atoms with van der Waals surface area (Å²) in [7, 11) is 0. The number of hydrogen-bond donors (Lipinski definition) is 0. The van der Waals surface area contributed by atoms with E-state index in [2.05, 4.69) is 0 Å². The van der Waals surface area contributed by atoms with Crippen LogP contribution in [0.2, 0.25) is 0 Å². The average Bonchev–Trinajstić information content (AvgIpc) is 2.87. The third kappa shape index (κ3) is 2.13. The Morgan fingerprint density at radius 1 is 1.47 bits per heavy atom. The van der Waals surface area contributed by atoms with Gasteiger partial charge in [0.05, 0.1) is 11.5 Å². The highest BCUT2D eigenvalue weighted by atomic mass is 32.1. The van der Waals surface area contributed by atoms with Gasteiger partial charge >= 0.3 is 5.97 Å². The van der Waals surface area contributed by atoms with Gasteiger partial charge in [0.25, 0.3) is 0 Å². The van der Waals surface area contributed by atoms with Gasteiger partial charge in [0.2, 0.25) is 0 Å². The summed E-state index contributed by atoms with van der Waals surface area (Å²) in [4.78, 5) is 12.8. The molecule has 0 bridgehead atoms. The van der Waals surface area contributed by atoms with Crippen LogP contribution in [-0.4, -0.2) is 12.6 Å². The normalized spacial score (nSPS) is 10.5. The summed E-state index contributed by atoms with van der Waals surface area (Å²) in [6.45, 7) is 5.84. The third-order valence-corrected chi connectivity index (χ3v) is 3.42. The van der Waals surface area contributed by atoms with E-state index in [0.717, 1.165) is 16.2 Å². The second-order valence-corrected chi connectivity index (χ2v) is 4.63. The summed E-state index contributed by atoms with van der Waals surface area (Å²) in [5.74, 6) is 1.07. The zero-order valence-corrected chi connectivity index (χ0v) is 10.9. The van der Waals surface area contributed by atoms with Crippen LogP contribution in [0.15, 0.2) is 21.9 Å². The highest BCUT2D eigenvalue weighted by Crippen LogP contribution is 2.33. The molecule has 4 heteroatoms. The lowest BCUT2D eigenvalue weighted by Gasteiger charge is -2.00. The SMILES string of the molecule is CCOC(=O)c1c(C)oc(-c2cccs2)c1C. The molecular formula is C13H14O3S. The van der Waals surface area contributed by atoms with E-state index in [1.165, 1.54) is 0 Å². The topological polar surface area (TPSA) is 39.4 Å². The highest BCUT2D eigenvalue weighted by molar-refractivity contribution is 7.13. The number of aryl methyl sites for hydroxylation is 1. The van der Waals surface area contributed by atoms with Gasteiger partial charge < -0.3 is 9.15 Å². The molecule has 0 saturated carbocycles. The average molecular weight is 250 g/mol. The predicted octanol–water partition coefficient (Wildman–Crippen LogP) is 3.80. The van der Waals surface area contributed by atoms with E-state index >= 15 is 0 Å². The van der Waals surface area contributed by atoms with Crippen LogP contribution >= 0.6 is 11.3 Å². The Bertz CT molecular complexity index is 523. The van der Waals surface area contributed by atoms with E-state index in [9.17, 15) is 4.79 Å². The molecule has 0 aromatic carbocycles. The molecule has 0 aliphatic rings. The van der Waals surface area contributed by atoms with Gasteiger partial charge in [0, 0.05) is 5.56 Å². The summed E-state index contributed by atoms with van der Waals surface area (Å²) >= 11 is 1.59. The molecule has 0 spiro atoms. The number of thiophene rings is 1. The Hall–Kier alpha value is -1.55. The first-order chi connectivity index (χ1) is 8.15. The van der Waals surface area contributed by atoms with Crippen molar-refractivity contribution in [2.75, 3.05) is 6.61 Å². The number of ether oxygens (including phenoxy) is 1. The lowest BCUT2D eigenvalue weighted by Crippen LogP contribution is -2.06. The number of hydrogen-bond acceptors (Lipinski definition) is 4. The first-order valence-electron chi connectivity index (χ1n) is 5.46. The number of rotatable bonds is 3. The first kappa shape index (κ1) is 11.9. The lowest BCUT2D eigenvalue weighted by atomic mass is 10.1. The van der Waals surface area contributed by atoms with Crippen molar-refractivity contribution in [3.05, 3.63) is 34.4 Å². The van der Waals surface area contributed by atoms with Crippen LogP contribution in [0.5, 0.6) is 0 Å². The molecular weight excluding hydrogens is 236 g/mol. The van der Waals surface area contributed by atoms with E-state index in [1.54, 1.807) is 25.2 Å². The number of carbonyl (C=O) groups excluding carboxylic acids is 1. The van der Waals surface area contributed by atoms with Crippen LogP contribution in [0.4, 0.5) is 0 Å². The second-order valence-electron chi connectivity index (χ2n) is 3.69. The first-order valence-corrected chi connectivity index (χ1v) is 6.34. The van der Waals surface area contributed by atoms with Gasteiger partial charge in [-0.1, -0.05) is 6.07 Å². The van der Waals surface area contributed by atoms with Crippen molar-refractivity contribution in [1.82, 2.24) is 0 Å². The molecule has 2 heterocycles. The van der Waals surface area contributed by atoms with Gasteiger partial charge in [-0.15, -0.1) is 11.3 Å². The van der Waals surface area contributed by atoms with Gasteiger partial charge in [0.15, 0.2) is 0 Å². The Morgan fingerprint density at radius 3 is 2.82 bits per heavy atom. The predicted molar refractivity (Wildman–Crippen MR) is 67.5 cm³/mol. The van der Waals surface area contributed by atoms with Crippen LogP contribution in [0.25, 0.3) is 10.6 Å². The molecule has 17 heavy (non-hydrogen) atoms. The van der Waals surface area contributed by atoms with Crippen molar-refractivity contribution in [2.45, 2.75) is 20.8 Å². The standard InChI is InChI=1S/C13H14O3S/c1-4-15-13(14)11-8(2)12(16-9(11)3)10-6-5-7-17-10/h5-7H,4H2,1-3H3. The molecule has 0 N–H and O–H groups in total. The molecule has 0 fully saturated rings. The monoisotopic (exact) mass is 250 g/mol. The van der Waals surface area contributed by atoms with Crippen molar-refractivity contribution >= 4 is 17.3 Å². The van der Waals surface area contributed by atoms with E-state index in [4.69, 9.17) is 9.15 Å². The highest BCUT2D eigenvalue weighted by Gasteiger charge is 2.22. The second kappa shape index (κ2) is 4.75. The zero-order chi connectivity index (χ0) is 12.4. The van der Waals surface area contributed by atoms with Crippen LogP contribution in [0.3, 0.4) is 0 Å². The smallest absolute Gasteiger partial charge is 0.341 e. The van der Waals surface area contributed by atoms with Crippen LogP contribution < -0.4 is 0 Å². The van der Waals surface area contributed by atoms with Crippen molar-refractivity contribution in [3.63, 3.8) is 0 Å². The molecule has 90 valence electrons. The summed E-state index contributed by atoms with van der Waals surface area (Å²) < 4.78 is 10.7. The van der Waals surface area contributed by atoms with E-state index in [0.29, 0.717) is 17.9 Å². The molecule has 0 unspecified atom stereocenters. The van der Waals surface area contributed by atoms with Crippen molar-refractivity contribution in [2.24, 2.45) is 0 Å². The minimum Gasteiger partial charge on any atom is -0.462 e. The van der Waals surface area contributed by atoms with E-state index in [-0.39, 0.29) is 5.97 Å². The summed E-state index contributed by atoms with van der Waals surface area (Å²) in [6, 6.07) is 3.94. The number of furan rings is 1. The maximum Gasteiger partial charge on any atom is 0.341 e. The lowest BCUT2D eigenvalue weighted by molar-refractivity contribution is 0.0523. The maximum atomic E-state index is 11.8. The summed E-state index contributed by atoms with van der Waals surface area (Å²) in [5, 5.41) is 1.98. The number of esters is 1. The maximum absolute atomic E-state index is 11.8. The fourth-order valence-electron chi connectivity index (χ4n) is 1.80. The summed E-state index contributed by atoms with van der Waals surface area (Å²) in [5.41, 5.74) is 1.40. The van der Waals surface area contributed by atoms with Crippen LogP contribution in [0.1, 0.15) is 28.6 Å². The molecule has 0 aliphatic heterocycles. The third-order valence-electron chi connectivity index (χ3n) is 2.55. The fourth-order valence-corrected chi connectivity index (χ4v) is 2.56. The molecule has 0 radical (unpaired) electrons. The van der Waals surface area contributed by atoms with Crippen LogP contribution in [0, 0.1) is 13.8 Å². The van der Waals surface area contributed by atoms with Gasteiger partial charge in [-0.3, -0.25) is 0 Å². The van der Waals surface area contributed by atoms with Crippen molar-refractivity contribution in [1.29, 1.82) is 0 Å². The Morgan fingerprint density at radius 2 is 2.24 bits per heavy atom. The molecule has 2 aromatic heterocycles. The quantitative estimate of drug-likeness (QED) is 0.778. The van der Waals surface area contributed by atoms with Crippen molar-refractivity contribution < 1.29 is 13.9 Å². The van der Waals surface area contributed by atoms with E-state index < -0.39 is 0 Å². The van der Waals surface area contributed by atoms with Crippen molar-refractivity contribution in [3.8, 4) is 10.6 Å². The van der Waals surface area contributed by atoms with Gasteiger partial charge in [-0.25, -0.2) is 4.79 Å². The Balaban J connectivity index is 2.46. The molecule has 2 aromatic rings. The molecule has 0 saturated heterocycles. The Labute approximate surface area is 104 Å². The zero-order valence-electron chi connectivity index (χ0n) is 10.1. The minimum absolute atomic E-state index is 0.311. The van der Waals surface area contributed by atoms with Crippen LogP contribution in [-0.2, 0) is 4.74 Å². The molecule has 3 nitrogen and oxygen atoms in total. The largest absolute Gasteiger partial charge is 0.462 e. The minimum atomic E-state index is -0.311. The van der Waals surface area contributed by atoms with E-state index in [1.807, 2.05) is 24.4 Å². The number of carbonyl (C=O) groups is 1. The van der Waals surface area contributed by atoms with Gasteiger partial charge in [-0.2, -0.15) is 0 Å². The Kier molecular flexibility index (Phi) is 3.33. The molecule has 0 atom stereocenters. The molecule has 2 rings (SSSR count). The van der Waals surface area contributed by atoms with Gasteiger partial charge in [-0.05, 0) is 32.2 Å². The van der Waals surface area contributed by atoms with Gasteiger partial charge in [0.1, 0.15) is 17.1 Å².